The zero-order valence-electron chi connectivity index (χ0n) is 21.4. The van der Waals surface area contributed by atoms with Gasteiger partial charge in [0.2, 0.25) is 9.84 Å². The lowest BCUT2D eigenvalue weighted by Crippen LogP contribution is -2.37. The lowest BCUT2D eigenvalue weighted by molar-refractivity contribution is -0.127. The Morgan fingerprint density at radius 1 is 0.737 bits per heavy atom. The predicted octanol–water partition coefficient (Wildman–Crippen LogP) is 6.03. The molecule has 0 N–H and O–H groups in total. The molecule has 6 heteroatoms. The second-order valence-electron chi connectivity index (χ2n) is 9.20. The average molecular weight is 527 g/mol. The number of ether oxygens (including phenoxy) is 3. The van der Waals surface area contributed by atoms with Crippen molar-refractivity contribution >= 4 is 9.84 Å². The van der Waals surface area contributed by atoms with E-state index in [4.69, 9.17) is 14.2 Å². The summed E-state index contributed by atoms with van der Waals surface area (Å²) in [5, 5.41) is 0. The third-order valence-corrected chi connectivity index (χ3v) is 8.69. The van der Waals surface area contributed by atoms with Gasteiger partial charge in [-0.15, -0.1) is 0 Å². The van der Waals surface area contributed by atoms with Gasteiger partial charge in [-0.25, -0.2) is 8.42 Å². The van der Waals surface area contributed by atoms with E-state index in [-0.39, 0.29) is 16.4 Å². The smallest absolute Gasteiger partial charge is 0.205 e. The van der Waals surface area contributed by atoms with Gasteiger partial charge < -0.3 is 14.2 Å². The minimum atomic E-state index is -3.83. The van der Waals surface area contributed by atoms with Gasteiger partial charge in [0, 0.05) is 7.11 Å². The molecule has 194 valence electrons. The highest BCUT2D eigenvalue weighted by molar-refractivity contribution is 7.95. The number of hydrogen-bond donors (Lipinski definition) is 0. The summed E-state index contributed by atoms with van der Waals surface area (Å²) in [7, 11) is -2.34. The molecule has 0 aliphatic carbocycles. The molecule has 0 unspecified atom stereocenters. The monoisotopic (exact) mass is 526 g/mol. The lowest BCUT2D eigenvalue weighted by atomic mass is 9.80. The number of methoxy groups -OCH3 is 1. The molecule has 4 aromatic rings. The molecule has 4 aromatic carbocycles. The fraction of sp³-hybridized carbons (Fsp3) is 0.188. The van der Waals surface area contributed by atoms with Crippen LogP contribution in [0.5, 0.6) is 0 Å². The summed E-state index contributed by atoms with van der Waals surface area (Å²) in [5.41, 5.74) is 2.74. The number of rotatable bonds is 9. The topological polar surface area (TPSA) is 61.8 Å². The molecule has 0 aromatic heterocycles. The molecule has 0 radical (unpaired) electrons. The van der Waals surface area contributed by atoms with E-state index in [1.165, 1.54) is 13.2 Å². The first kappa shape index (κ1) is 26.1. The van der Waals surface area contributed by atoms with Crippen molar-refractivity contribution in [2.75, 3.05) is 13.7 Å². The number of sulfone groups is 1. The third-order valence-electron chi connectivity index (χ3n) is 6.78. The molecular formula is C32H30O5S. The number of aryl methyl sites for hydroxylation is 1. The Morgan fingerprint density at radius 2 is 1.21 bits per heavy atom. The Bertz CT molecular complexity index is 1390. The van der Waals surface area contributed by atoms with Crippen LogP contribution in [0.4, 0.5) is 0 Å². The molecular weight excluding hydrogens is 496 g/mol. The fourth-order valence-corrected chi connectivity index (χ4v) is 6.37. The Morgan fingerprint density at radius 3 is 1.66 bits per heavy atom. The Balaban J connectivity index is 1.58. The van der Waals surface area contributed by atoms with E-state index < -0.39 is 27.8 Å². The summed E-state index contributed by atoms with van der Waals surface area (Å²) < 4.78 is 45.7. The molecule has 1 aliphatic heterocycles. The lowest BCUT2D eigenvalue weighted by Gasteiger charge is -2.37. The van der Waals surface area contributed by atoms with Crippen LogP contribution in [0.3, 0.4) is 0 Å². The quantitative estimate of drug-likeness (QED) is 0.249. The van der Waals surface area contributed by atoms with Gasteiger partial charge in [0.05, 0.1) is 16.4 Å². The number of hydrogen-bond acceptors (Lipinski definition) is 5. The molecule has 0 fully saturated rings. The van der Waals surface area contributed by atoms with Crippen LogP contribution in [0.15, 0.2) is 131 Å². The van der Waals surface area contributed by atoms with Crippen molar-refractivity contribution in [2.24, 2.45) is 0 Å². The van der Waals surface area contributed by atoms with E-state index in [0.29, 0.717) is 0 Å². The Hall–Kier alpha value is -3.55. The van der Waals surface area contributed by atoms with Crippen LogP contribution in [0.2, 0.25) is 0 Å². The SMILES string of the molecule is CO[C@@H]1C=C(S(=O)(=O)c2ccc(C)cc2)[C@@H](COC(c2ccccc2)(c2ccccc2)c2ccccc2)O1. The van der Waals surface area contributed by atoms with Crippen LogP contribution in [0.1, 0.15) is 22.3 Å². The summed E-state index contributed by atoms with van der Waals surface area (Å²) >= 11 is 0. The van der Waals surface area contributed by atoms with Crippen molar-refractivity contribution in [1.82, 2.24) is 0 Å². The summed E-state index contributed by atoms with van der Waals surface area (Å²) in [6.45, 7) is 1.90. The second kappa shape index (κ2) is 11.1. The maximum atomic E-state index is 13.7. The van der Waals surface area contributed by atoms with Crippen LogP contribution < -0.4 is 0 Å². The Kier molecular flexibility index (Phi) is 7.58. The van der Waals surface area contributed by atoms with Crippen LogP contribution >= 0.6 is 0 Å². The van der Waals surface area contributed by atoms with Gasteiger partial charge in [-0.2, -0.15) is 0 Å². The van der Waals surface area contributed by atoms with Gasteiger partial charge in [-0.3, -0.25) is 0 Å². The second-order valence-corrected chi connectivity index (χ2v) is 11.2. The molecule has 0 saturated heterocycles. The third kappa shape index (κ3) is 4.96. The summed E-state index contributed by atoms with van der Waals surface area (Å²) in [6.07, 6.45) is -0.126. The molecule has 0 spiro atoms. The molecule has 0 saturated carbocycles. The predicted molar refractivity (Wildman–Crippen MR) is 147 cm³/mol. The molecule has 5 rings (SSSR count). The first-order chi connectivity index (χ1) is 18.4. The van der Waals surface area contributed by atoms with Crippen LogP contribution in [-0.4, -0.2) is 34.5 Å². The van der Waals surface area contributed by atoms with Crippen molar-refractivity contribution in [3.8, 4) is 0 Å². The highest BCUT2D eigenvalue weighted by Gasteiger charge is 2.42. The molecule has 2 atom stereocenters. The van der Waals surface area contributed by atoms with Crippen molar-refractivity contribution in [1.29, 1.82) is 0 Å². The van der Waals surface area contributed by atoms with Gasteiger partial charge in [-0.1, -0.05) is 109 Å². The zero-order chi connectivity index (χ0) is 26.6. The van der Waals surface area contributed by atoms with E-state index in [1.54, 1.807) is 24.3 Å². The highest BCUT2D eigenvalue weighted by Crippen LogP contribution is 2.41. The molecule has 5 nitrogen and oxygen atoms in total. The van der Waals surface area contributed by atoms with E-state index in [0.717, 1.165) is 22.3 Å². The maximum Gasteiger partial charge on any atom is 0.205 e. The standard InChI is InChI=1S/C32H30O5S/c1-24-18-20-28(21-19-24)38(33,34)30-22-31(35-2)37-29(30)23-36-32(25-12-6-3-7-13-25,26-14-8-4-9-15-26)27-16-10-5-11-17-27/h3-22,29,31H,23H2,1-2H3/t29-,31+/m1/s1. The van der Waals surface area contributed by atoms with Gasteiger partial charge in [0.15, 0.2) is 6.29 Å². The minimum absolute atomic E-state index is 0.0184. The highest BCUT2D eigenvalue weighted by atomic mass is 32.2. The van der Waals surface area contributed by atoms with Gasteiger partial charge in [-0.05, 0) is 41.8 Å². The molecule has 0 amide bonds. The normalized spacial score (nSPS) is 17.8. The molecule has 0 bridgehead atoms. The first-order valence-corrected chi connectivity index (χ1v) is 14.0. The number of benzene rings is 4. The van der Waals surface area contributed by atoms with Crippen molar-refractivity contribution in [3.63, 3.8) is 0 Å². The van der Waals surface area contributed by atoms with Crippen molar-refractivity contribution in [2.45, 2.75) is 29.8 Å². The average Bonchev–Trinajstić information content (AvgIpc) is 3.40. The fourth-order valence-electron chi connectivity index (χ4n) is 4.84. The van der Waals surface area contributed by atoms with E-state index >= 15 is 0 Å². The minimum Gasteiger partial charge on any atom is -0.358 e. The maximum absolute atomic E-state index is 13.7. The molecule has 38 heavy (non-hydrogen) atoms. The van der Waals surface area contributed by atoms with Crippen LogP contribution in [0, 0.1) is 6.92 Å². The van der Waals surface area contributed by atoms with Crippen LogP contribution in [0.25, 0.3) is 0 Å². The van der Waals surface area contributed by atoms with Gasteiger partial charge >= 0.3 is 0 Å². The van der Waals surface area contributed by atoms with Gasteiger partial charge in [0.25, 0.3) is 0 Å². The Labute approximate surface area is 224 Å². The summed E-state index contributed by atoms with van der Waals surface area (Å²) in [4.78, 5) is 0.344. The summed E-state index contributed by atoms with van der Waals surface area (Å²) in [5.74, 6) is 0. The van der Waals surface area contributed by atoms with Gasteiger partial charge in [0.1, 0.15) is 11.7 Å². The molecule has 1 heterocycles. The van der Waals surface area contributed by atoms with Crippen LogP contribution in [-0.2, 0) is 29.6 Å². The summed E-state index contributed by atoms with van der Waals surface area (Å²) in [6, 6.07) is 36.6. The molecule has 1 aliphatic rings. The van der Waals surface area contributed by atoms with Crippen molar-refractivity contribution in [3.05, 3.63) is 148 Å². The van der Waals surface area contributed by atoms with Crippen molar-refractivity contribution < 1.29 is 22.6 Å². The first-order valence-electron chi connectivity index (χ1n) is 12.5. The van der Waals surface area contributed by atoms with E-state index in [9.17, 15) is 8.42 Å². The van der Waals surface area contributed by atoms with E-state index in [2.05, 4.69) is 0 Å². The largest absolute Gasteiger partial charge is 0.358 e. The zero-order valence-corrected chi connectivity index (χ0v) is 22.2. The van der Waals surface area contributed by atoms with E-state index in [1.807, 2.05) is 97.9 Å².